The molecule has 3 aromatic rings. The van der Waals surface area contributed by atoms with Gasteiger partial charge in [-0.15, -0.1) is 0 Å². The number of carbonyl (C=O) groups is 2. The number of halogens is 1. The smallest absolute Gasteiger partial charge is 0.339 e. The van der Waals surface area contributed by atoms with E-state index in [0.717, 1.165) is 0 Å². The van der Waals surface area contributed by atoms with Gasteiger partial charge in [0, 0.05) is 0 Å². The van der Waals surface area contributed by atoms with Gasteiger partial charge in [0.15, 0.2) is 11.5 Å². The monoisotopic (exact) mass is 570 g/mol. The van der Waals surface area contributed by atoms with Crippen molar-refractivity contribution in [3.8, 4) is 17.6 Å². The van der Waals surface area contributed by atoms with Gasteiger partial charge in [0.2, 0.25) is 0 Å². The lowest BCUT2D eigenvalue weighted by Gasteiger charge is -2.14. The molecule has 0 unspecified atom stereocenters. The van der Waals surface area contributed by atoms with Crippen molar-refractivity contribution in [1.82, 2.24) is 0 Å². The normalized spacial score (nSPS) is 11.3. The minimum atomic E-state index is -4.17. The third-order valence-corrected chi connectivity index (χ3v) is 6.46. The van der Waals surface area contributed by atoms with E-state index in [1.807, 2.05) is 0 Å². The van der Waals surface area contributed by atoms with Crippen molar-refractivity contribution < 1.29 is 32.0 Å². The van der Waals surface area contributed by atoms with Crippen LogP contribution in [0.3, 0.4) is 0 Å². The number of hydrogen-bond donors (Lipinski definition) is 2. The summed E-state index contributed by atoms with van der Waals surface area (Å²) in [5.41, 5.74) is -0.101. The Balaban J connectivity index is 1.96. The number of hydrogen-bond acceptors (Lipinski definition) is 7. The number of carbonyl (C=O) groups excluding carboxylic acids is 1. The third kappa shape index (κ3) is 6.29. The summed E-state index contributed by atoms with van der Waals surface area (Å²) in [7, 11) is -4.17. The maximum Gasteiger partial charge on any atom is 0.339 e. The number of nitrogens with one attached hydrogen (secondary N) is 1. The summed E-state index contributed by atoms with van der Waals surface area (Å²) in [4.78, 5) is 24.0. The summed E-state index contributed by atoms with van der Waals surface area (Å²) in [5, 5.41) is 21.3. The van der Waals surface area contributed by atoms with Gasteiger partial charge in [-0.05, 0) is 70.9 Å². The first kappa shape index (κ1) is 26.5. The standard InChI is InChI=1S/C25H19BrN2O7S/c1-2-34-22-14-16(13-20(26)23(22)35-36(32,33)18-8-4-3-5-9-18)12-17(15-27)24(29)28-21-11-7-6-10-19(21)25(30)31/h3-14H,2H2,1H3,(H,28,29)(H,30,31)/b17-12+. The summed E-state index contributed by atoms with van der Waals surface area (Å²) < 4.78 is 36.5. The Morgan fingerprint density at radius 1 is 1.11 bits per heavy atom. The Kier molecular flexibility index (Phi) is 8.47. The van der Waals surface area contributed by atoms with E-state index in [0.29, 0.717) is 5.56 Å². The van der Waals surface area contributed by atoms with Crippen LogP contribution in [-0.2, 0) is 14.9 Å². The van der Waals surface area contributed by atoms with Crippen LogP contribution in [0.15, 0.2) is 81.7 Å². The van der Waals surface area contributed by atoms with Gasteiger partial charge < -0.3 is 19.3 Å². The molecule has 36 heavy (non-hydrogen) atoms. The second-order valence-corrected chi connectivity index (χ2v) is 9.49. The van der Waals surface area contributed by atoms with Crippen molar-refractivity contribution in [2.24, 2.45) is 0 Å². The largest absolute Gasteiger partial charge is 0.490 e. The molecule has 0 spiro atoms. The first-order valence-corrected chi connectivity index (χ1v) is 12.6. The number of para-hydroxylation sites is 1. The van der Waals surface area contributed by atoms with Crippen LogP contribution in [-0.4, -0.2) is 32.0 Å². The van der Waals surface area contributed by atoms with Crippen LogP contribution in [0, 0.1) is 11.3 Å². The Morgan fingerprint density at radius 3 is 2.42 bits per heavy atom. The Labute approximate surface area is 215 Å². The lowest BCUT2D eigenvalue weighted by atomic mass is 10.1. The fraction of sp³-hybridized carbons (Fsp3) is 0.0800. The van der Waals surface area contributed by atoms with Crippen LogP contribution < -0.4 is 14.2 Å². The number of carboxylic acids is 1. The van der Waals surface area contributed by atoms with E-state index >= 15 is 0 Å². The minimum Gasteiger partial charge on any atom is -0.490 e. The van der Waals surface area contributed by atoms with E-state index in [1.165, 1.54) is 48.5 Å². The molecule has 0 aliphatic heterocycles. The van der Waals surface area contributed by atoms with E-state index in [-0.39, 0.29) is 44.3 Å². The Bertz CT molecular complexity index is 1480. The summed E-state index contributed by atoms with van der Waals surface area (Å²) in [6.45, 7) is 1.87. The average molecular weight is 571 g/mol. The molecule has 3 rings (SSSR count). The van der Waals surface area contributed by atoms with E-state index in [2.05, 4.69) is 21.2 Å². The molecule has 0 bridgehead atoms. The van der Waals surface area contributed by atoms with Crippen LogP contribution >= 0.6 is 15.9 Å². The third-order valence-electron chi connectivity index (χ3n) is 4.64. The van der Waals surface area contributed by atoms with Crippen LogP contribution in [0.25, 0.3) is 6.08 Å². The number of ether oxygens (including phenoxy) is 1. The van der Waals surface area contributed by atoms with Crippen molar-refractivity contribution in [3.63, 3.8) is 0 Å². The maximum absolute atomic E-state index is 12.7. The molecule has 0 fully saturated rings. The summed E-state index contributed by atoms with van der Waals surface area (Å²) in [6, 6.07) is 18.0. The van der Waals surface area contributed by atoms with Crippen LogP contribution in [0.4, 0.5) is 5.69 Å². The van der Waals surface area contributed by atoms with Gasteiger partial charge in [0.25, 0.3) is 5.91 Å². The molecule has 0 aliphatic carbocycles. The number of anilines is 1. The highest BCUT2D eigenvalue weighted by molar-refractivity contribution is 9.10. The molecule has 0 radical (unpaired) electrons. The second kappa shape index (κ2) is 11.5. The van der Waals surface area contributed by atoms with Gasteiger partial charge in [-0.2, -0.15) is 13.7 Å². The van der Waals surface area contributed by atoms with Gasteiger partial charge in [-0.3, -0.25) is 4.79 Å². The van der Waals surface area contributed by atoms with Crippen molar-refractivity contribution in [3.05, 3.63) is 87.9 Å². The molecule has 3 aromatic carbocycles. The minimum absolute atomic E-state index is 0.0298. The number of nitrogens with zero attached hydrogens (tertiary/aromatic N) is 1. The van der Waals surface area contributed by atoms with Gasteiger partial charge >= 0.3 is 16.1 Å². The number of aromatic carboxylic acids is 1. The van der Waals surface area contributed by atoms with Crippen molar-refractivity contribution >= 4 is 49.7 Å². The number of benzene rings is 3. The van der Waals surface area contributed by atoms with Crippen molar-refractivity contribution in [1.29, 1.82) is 5.26 Å². The van der Waals surface area contributed by atoms with E-state index in [4.69, 9.17) is 8.92 Å². The highest BCUT2D eigenvalue weighted by Crippen LogP contribution is 2.39. The molecule has 0 aliphatic rings. The zero-order valence-corrected chi connectivity index (χ0v) is 21.2. The molecule has 9 nitrogen and oxygen atoms in total. The number of rotatable bonds is 9. The van der Waals surface area contributed by atoms with Gasteiger partial charge in [0.05, 0.1) is 22.3 Å². The highest BCUT2D eigenvalue weighted by Gasteiger charge is 2.22. The van der Waals surface area contributed by atoms with E-state index < -0.39 is 22.0 Å². The number of nitriles is 1. The van der Waals surface area contributed by atoms with E-state index in [9.17, 15) is 28.4 Å². The molecule has 11 heteroatoms. The average Bonchev–Trinajstić information content (AvgIpc) is 2.85. The molecule has 0 saturated carbocycles. The molecular formula is C25H19BrN2O7S. The zero-order valence-electron chi connectivity index (χ0n) is 18.8. The van der Waals surface area contributed by atoms with Crippen LogP contribution in [0.1, 0.15) is 22.8 Å². The zero-order chi connectivity index (χ0) is 26.3. The quantitative estimate of drug-likeness (QED) is 0.211. The molecular weight excluding hydrogens is 552 g/mol. The lowest BCUT2D eigenvalue weighted by Crippen LogP contribution is -2.16. The van der Waals surface area contributed by atoms with Gasteiger partial charge in [0.1, 0.15) is 16.5 Å². The fourth-order valence-corrected chi connectivity index (χ4v) is 4.67. The predicted octanol–water partition coefficient (Wildman–Crippen LogP) is 4.86. The lowest BCUT2D eigenvalue weighted by molar-refractivity contribution is -0.112. The van der Waals surface area contributed by atoms with Gasteiger partial charge in [-0.25, -0.2) is 4.79 Å². The fourth-order valence-electron chi connectivity index (χ4n) is 3.04. The summed E-state index contributed by atoms with van der Waals surface area (Å²) in [6.07, 6.45) is 1.25. The van der Waals surface area contributed by atoms with Crippen molar-refractivity contribution in [2.45, 2.75) is 11.8 Å². The first-order valence-electron chi connectivity index (χ1n) is 10.4. The molecule has 2 N–H and O–H groups in total. The molecule has 0 aromatic heterocycles. The van der Waals surface area contributed by atoms with Gasteiger partial charge in [-0.1, -0.05) is 30.3 Å². The topological polar surface area (TPSA) is 143 Å². The molecule has 0 atom stereocenters. The summed E-state index contributed by atoms with van der Waals surface area (Å²) in [5.74, 6) is -2.10. The number of carboxylic acid groups (broad SMARTS) is 1. The Hall–Kier alpha value is -4.14. The second-order valence-electron chi connectivity index (χ2n) is 7.09. The Morgan fingerprint density at radius 2 is 1.78 bits per heavy atom. The number of amides is 1. The maximum atomic E-state index is 12.7. The molecule has 0 heterocycles. The molecule has 1 amide bonds. The van der Waals surface area contributed by atoms with Crippen LogP contribution in [0.2, 0.25) is 0 Å². The van der Waals surface area contributed by atoms with E-state index in [1.54, 1.807) is 37.3 Å². The highest BCUT2D eigenvalue weighted by atomic mass is 79.9. The van der Waals surface area contributed by atoms with Crippen molar-refractivity contribution in [2.75, 3.05) is 11.9 Å². The molecule has 184 valence electrons. The SMILES string of the molecule is CCOc1cc(/C=C(\C#N)C(=O)Nc2ccccc2C(=O)O)cc(Br)c1OS(=O)(=O)c1ccccc1. The first-order chi connectivity index (χ1) is 17.2. The van der Waals surface area contributed by atoms with Crippen LogP contribution in [0.5, 0.6) is 11.5 Å². The summed E-state index contributed by atoms with van der Waals surface area (Å²) >= 11 is 3.27. The predicted molar refractivity (Wildman–Crippen MR) is 135 cm³/mol. The molecule has 0 saturated heterocycles.